The Bertz CT molecular complexity index is 1440. The second-order valence-electron chi connectivity index (χ2n) is 10.1. The van der Waals surface area contributed by atoms with Gasteiger partial charge in [-0.25, -0.2) is 10.4 Å². The fourth-order valence-corrected chi connectivity index (χ4v) is 4.99. The molecule has 2 aliphatic rings. The van der Waals surface area contributed by atoms with Crippen molar-refractivity contribution in [2.24, 2.45) is 16.0 Å². The molecule has 0 spiro atoms. The van der Waals surface area contributed by atoms with E-state index in [2.05, 4.69) is 36.8 Å². The van der Waals surface area contributed by atoms with Crippen LogP contribution in [0.3, 0.4) is 0 Å². The van der Waals surface area contributed by atoms with Gasteiger partial charge < -0.3 is 14.6 Å². The average molecular weight is 620 g/mol. The number of carbonyl (C=O) groups is 1. The summed E-state index contributed by atoms with van der Waals surface area (Å²) >= 11 is 3.49. The van der Waals surface area contributed by atoms with Crippen molar-refractivity contribution in [2.45, 2.75) is 37.3 Å². The van der Waals surface area contributed by atoms with Gasteiger partial charge in [0.05, 0.1) is 6.61 Å². The molecule has 1 saturated carbocycles. The van der Waals surface area contributed by atoms with E-state index in [4.69, 9.17) is 19.6 Å². The maximum atomic E-state index is 14.2. The van der Waals surface area contributed by atoms with Gasteiger partial charge in [-0.2, -0.15) is 0 Å². The molecule has 1 aliphatic heterocycles. The molecule has 3 N–H and O–H groups in total. The molecule has 0 bridgehead atoms. The molecule has 0 radical (unpaired) electrons. The van der Waals surface area contributed by atoms with Crippen LogP contribution in [0.4, 0.5) is 5.69 Å². The lowest BCUT2D eigenvalue weighted by atomic mass is 9.81. The van der Waals surface area contributed by atoms with E-state index in [1.165, 1.54) is 0 Å². The van der Waals surface area contributed by atoms with Gasteiger partial charge in [0.2, 0.25) is 5.90 Å². The quantitative estimate of drug-likeness (QED) is 0.0742. The smallest absolute Gasteiger partial charge is 0.266 e. The fraction of sp³-hybridized carbons (Fsp3) is 0.333. The minimum Gasteiger partial charge on any atom is -0.494 e. The number of carbonyl (C=O) groups excluding carboxylic acids is 1. The zero-order chi connectivity index (χ0) is 28.7. The Hall–Kier alpha value is -3.89. The first-order chi connectivity index (χ1) is 20.0. The first-order valence-corrected chi connectivity index (χ1v) is 14.3. The number of amides is 1. The Labute approximate surface area is 246 Å². The molecule has 1 aliphatic carbocycles. The number of aliphatic hydroxyl groups is 1. The van der Waals surface area contributed by atoms with Gasteiger partial charge in [-0.3, -0.25) is 10.2 Å². The van der Waals surface area contributed by atoms with Crippen molar-refractivity contribution in [1.29, 1.82) is 0 Å². The largest absolute Gasteiger partial charge is 0.494 e. The number of hydrogen-bond acceptors (Lipinski definition) is 7. The van der Waals surface area contributed by atoms with Gasteiger partial charge in [0, 0.05) is 46.6 Å². The molecule has 5 rings (SSSR count). The Morgan fingerprint density at radius 1 is 1.15 bits per heavy atom. The number of nitrogens with one attached hydrogen (secondary N) is 2. The van der Waals surface area contributed by atoms with Crippen LogP contribution < -0.4 is 15.6 Å². The van der Waals surface area contributed by atoms with Crippen LogP contribution in [0, 0.1) is 5.92 Å². The lowest BCUT2D eigenvalue weighted by Crippen LogP contribution is -2.54. The van der Waals surface area contributed by atoms with E-state index in [0.29, 0.717) is 54.0 Å². The second kappa shape index (κ2) is 13.2. The van der Waals surface area contributed by atoms with E-state index in [0.717, 1.165) is 22.9 Å². The molecular formula is C30H31BrN6O4. The first-order valence-electron chi connectivity index (χ1n) is 13.5. The topological polar surface area (TPSA) is 141 Å². The van der Waals surface area contributed by atoms with Crippen LogP contribution in [-0.4, -0.2) is 42.2 Å². The monoisotopic (exact) mass is 618 g/mol. The summed E-state index contributed by atoms with van der Waals surface area (Å²) in [4.78, 5) is 22.1. The Morgan fingerprint density at radius 2 is 1.90 bits per heavy atom. The van der Waals surface area contributed by atoms with Gasteiger partial charge in [0.25, 0.3) is 5.91 Å². The molecular weight excluding hydrogens is 588 g/mol. The van der Waals surface area contributed by atoms with Crippen molar-refractivity contribution < 1.29 is 19.4 Å². The van der Waals surface area contributed by atoms with Crippen LogP contribution >= 0.6 is 15.9 Å². The number of azide groups is 1. The predicted molar refractivity (Wildman–Crippen MR) is 159 cm³/mol. The van der Waals surface area contributed by atoms with E-state index >= 15 is 0 Å². The number of hydrogen-bond donors (Lipinski definition) is 3. The van der Waals surface area contributed by atoms with E-state index in [1.807, 2.05) is 48.5 Å². The zero-order valence-corrected chi connectivity index (χ0v) is 24.0. The van der Waals surface area contributed by atoms with Crippen LogP contribution in [0.1, 0.15) is 42.1 Å². The molecule has 11 heteroatoms. The van der Waals surface area contributed by atoms with Gasteiger partial charge in [-0.1, -0.05) is 57.4 Å². The van der Waals surface area contributed by atoms with Crippen LogP contribution in [0.25, 0.3) is 10.4 Å². The van der Waals surface area contributed by atoms with Gasteiger partial charge >= 0.3 is 0 Å². The molecule has 2 atom stereocenters. The number of ether oxygens (including phenoxy) is 2. The Balaban J connectivity index is 1.56. The molecule has 1 heterocycles. The van der Waals surface area contributed by atoms with Crippen LogP contribution in [0.2, 0.25) is 0 Å². The highest BCUT2D eigenvalue weighted by Gasteiger charge is 2.53. The highest BCUT2D eigenvalue weighted by atomic mass is 79.9. The lowest BCUT2D eigenvalue weighted by Gasteiger charge is -2.31. The molecule has 1 fully saturated rings. The zero-order valence-electron chi connectivity index (χ0n) is 22.4. The number of halogens is 1. The summed E-state index contributed by atoms with van der Waals surface area (Å²) in [6.07, 6.45) is 2.18. The number of nitrogens with zero attached hydrogens (tertiary/aromatic N) is 4. The minimum atomic E-state index is -1.42. The maximum Gasteiger partial charge on any atom is 0.266 e. The van der Waals surface area contributed by atoms with E-state index in [9.17, 15) is 10.3 Å². The fourth-order valence-electron chi connectivity index (χ4n) is 4.72. The van der Waals surface area contributed by atoms with Gasteiger partial charge in [0.1, 0.15) is 5.75 Å². The summed E-state index contributed by atoms with van der Waals surface area (Å²) in [5.41, 5.74) is 16.3. The highest BCUT2D eigenvalue weighted by Crippen LogP contribution is 2.44. The van der Waals surface area contributed by atoms with Gasteiger partial charge in [0.15, 0.2) is 11.6 Å². The molecule has 3 aromatic carbocycles. The number of aliphatic imine (C=N–C) groups is 1. The van der Waals surface area contributed by atoms with Crippen LogP contribution in [0.15, 0.2) is 87.4 Å². The van der Waals surface area contributed by atoms with Gasteiger partial charge in [-0.05, 0) is 71.8 Å². The van der Waals surface area contributed by atoms with Crippen molar-refractivity contribution in [3.05, 3.63) is 104 Å². The summed E-state index contributed by atoms with van der Waals surface area (Å²) in [7, 11) is 0. The normalized spacial score (nSPS) is 19.6. The third-order valence-electron chi connectivity index (χ3n) is 7.10. The van der Waals surface area contributed by atoms with Crippen molar-refractivity contribution in [1.82, 2.24) is 10.9 Å². The van der Waals surface area contributed by atoms with Crippen molar-refractivity contribution in [2.75, 3.05) is 19.8 Å². The Morgan fingerprint density at radius 3 is 2.61 bits per heavy atom. The lowest BCUT2D eigenvalue weighted by molar-refractivity contribution is -0.130. The molecule has 0 aromatic heterocycles. The number of rotatable bonds is 13. The summed E-state index contributed by atoms with van der Waals surface area (Å²) in [6.45, 7) is 1.14. The summed E-state index contributed by atoms with van der Waals surface area (Å²) in [5, 5.41) is 12.9. The third kappa shape index (κ3) is 6.89. The van der Waals surface area contributed by atoms with Crippen LogP contribution in [-0.2, 0) is 16.0 Å². The molecule has 41 heavy (non-hydrogen) atoms. The van der Waals surface area contributed by atoms with Crippen molar-refractivity contribution >= 4 is 33.4 Å². The molecule has 1 amide bonds. The van der Waals surface area contributed by atoms with Crippen LogP contribution in [0.5, 0.6) is 5.75 Å². The molecule has 212 valence electrons. The molecule has 3 aromatic rings. The van der Waals surface area contributed by atoms with Crippen molar-refractivity contribution in [3.63, 3.8) is 0 Å². The van der Waals surface area contributed by atoms with E-state index < -0.39 is 11.6 Å². The predicted octanol–water partition coefficient (Wildman–Crippen LogP) is 5.68. The maximum absolute atomic E-state index is 14.2. The third-order valence-corrected chi connectivity index (χ3v) is 7.62. The van der Waals surface area contributed by atoms with Crippen molar-refractivity contribution in [3.8, 4) is 5.75 Å². The van der Waals surface area contributed by atoms with E-state index in [-0.39, 0.29) is 18.9 Å². The molecule has 0 unspecified atom stereocenters. The number of benzene rings is 3. The second-order valence-corrected chi connectivity index (χ2v) is 11.0. The first kappa shape index (κ1) is 28.6. The van der Waals surface area contributed by atoms with Gasteiger partial charge in [-0.15, -0.1) is 0 Å². The number of hydrazine groups is 1. The summed E-state index contributed by atoms with van der Waals surface area (Å²) in [5.74, 6) is 1.18. The Kier molecular flexibility index (Phi) is 9.21. The summed E-state index contributed by atoms with van der Waals surface area (Å²) < 4.78 is 13.1. The number of aliphatic hydroxyl groups excluding tert-OH is 1. The average Bonchev–Trinajstić information content (AvgIpc) is 3.74. The molecule has 0 saturated heterocycles. The highest BCUT2D eigenvalue weighted by molar-refractivity contribution is 9.10. The summed E-state index contributed by atoms with van der Waals surface area (Å²) in [6, 6.07) is 22.1. The van der Waals surface area contributed by atoms with E-state index in [1.54, 1.807) is 24.3 Å². The SMILES string of the molecule is [N-]=[N+]=Nc1ccccc1C[C@]1(C(=O)NNCC2CC2)N=C(c2ccc(OCCCO)cc2)O[C@H]1c1ccc(Br)cc1. The minimum absolute atomic E-state index is 0.0582. The molecule has 10 nitrogen and oxygen atoms in total. The standard InChI is InChI=1S/C30H31BrN6O4/c31-24-12-8-21(9-13-24)27-30(29(39)36-33-19-20-6-7-20,18-23-4-1-2-5-26(23)35-37-32)34-28(41-27)22-10-14-25(15-11-22)40-17-3-16-38/h1-2,4-5,8-15,20,27,33,38H,3,6-7,16-19H2,(H,36,39)/t27-,30-/m0/s1.